The van der Waals surface area contributed by atoms with Crippen molar-refractivity contribution in [1.82, 2.24) is 0 Å². The van der Waals surface area contributed by atoms with Gasteiger partial charge in [-0.1, -0.05) is 25.6 Å². The molecule has 0 aliphatic heterocycles. The van der Waals surface area contributed by atoms with Gasteiger partial charge in [0, 0.05) is 0 Å². The number of aliphatic carboxylic acids is 1. The van der Waals surface area contributed by atoms with E-state index >= 15 is 0 Å². The van der Waals surface area contributed by atoms with Crippen LogP contribution in [-0.4, -0.2) is 24.5 Å². The number of carbonyl (C=O) groups excluding carboxylic acids is 1. The summed E-state index contributed by atoms with van der Waals surface area (Å²) < 4.78 is 0. The van der Waals surface area contributed by atoms with Crippen molar-refractivity contribution in [3.8, 4) is 0 Å². The molecule has 0 aromatic carbocycles. The third-order valence-electron chi connectivity index (χ3n) is 3.02. The molecule has 1 N–H and O–H groups in total. The van der Waals surface area contributed by atoms with Gasteiger partial charge in [0.15, 0.2) is 7.28 Å². The maximum absolute atomic E-state index is 11.0. The molecule has 1 aliphatic carbocycles. The van der Waals surface area contributed by atoms with Crippen molar-refractivity contribution < 1.29 is 14.7 Å². The highest BCUT2D eigenvalue weighted by molar-refractivity contribution is 6.66. The molecule has 0 unspecified atom stereocenters. The summed E-state index contributed by atoms with van der Waals surface area (Å²) in [7, 11) is 1.42. The van der Waals surface area contributed by atoms with Crippen molar-refractivity contribution in [3.63, 3.8) is 0 Å². The summed E-state index contributed by atoms with van der Waals surface area (Å²) in [6.45, 7) is 0. The molecule has 0 bridgehead atoms. The Hall–Kier alpha value is -0.795. The van der Waals surface area contributed by atoms with Crippen molar-refractivity contribution in [2.75, 3.05) is 0 Å². The number of rotatable bonds is 5. The highest BCUT2D eigenvalue weighted by Gasteiger charge is 2.28. The standard InChI is InChI=1S/C10H16BO3/c12-7-11-6-9(10(13)14)8-4-2-1-3-5-8/h7-9H,1-6H2,(H,13,14)/t9-/m0/s1. The van der Waals surface area contributed by atoms with Crippen LogP contribution in [-0.2, 0) is 9.59 Å². The molecule has 0 saturated heterocycles. The molecule has 0 aromatic heterocycles. The fraction of sp³-hybridized carbons (Fsp3) is 0.800. The van der Waals surface area contributed by atoms with E-state index in [9.17, 15) is 9.59 Å². The summed E-state index contributed by atoms with van der Waals surface area (Å²) in [6, 6.07) is 0. The van der Waals surface area contributed by atoms with Gasteiger partial charge < -0.3 is 9.90 Å². The van der Waals surface area contributed by atoms with Crippen LogP contribution in [0.3, 0.4) is 0 Å². The average Bonchev–Trinajstić information content (AvgIpc) is 2.19. The number of carboxylic acids is 1. The summed E-state index contributed by atoms with van der Waals surface area (Å²) in [5.41, 5.74) is 0. The predicted octanol–water partition coefficient (Wildman–Crippen LogP) is 1.58. The van der Waals surface area contributed by atoms with Crippen LogP contribution in [0.5, 0.6) is 0 Å². The van der Waals surface area contributed by atoms with Crippen LogP contribution in [0, 0.1) is 11.8 Å². The van der Waals surface area contributed by atoms with Gasteiger partial charge in [0.05, 0.1) is 12.1 Å². The lowest BCUT2D eigenvalue weighted by Crippen LogP contribution is -2.26. The first-order valence-electron chi connectivity index (χ1n) is 5.25. The van der Waals surface area contributed by atoms with Gasteiger partial charge in [-0.2, -0.15) is 0 Å². The maximum Gasteiger partial charge on any atom is 0.306 e. The van der Waals surface area contributed by atoms with Crippen molar-refractivity contribution in [2.45, 2.75) is 38.4 Å². The number of hydrogen-bond acceptors (Lipinski definition) is 2. The first kappa shape index (κ1) is 11.3. The molecule has 14 heavy (non-hydrogen) atoms. The van der Waals surface area contributed by atoms with Crippen molar-refractivity contribution in [3.05, 3.63) is 0 Å². The summed E-state index contributed by atoms with van der Waals surface area (Å²) in [4.78, 5) is 21.1. The Kier molecular flexibility index (Phi) is 4.70. The highest BCUT2D eigenvalue weighted by Crippen LogP contribution is 2.31. The van der Waals surface area contributed by atoms with Crippen molar-refractivity contribution >= 4 is 19.4 Å². The summed E-state index contributed by atoms with van der Waals surface area (Å²) in [6.07, 6.45) is 6.58. The van der Waals surface area contributed by atoms with Gasteiger partial charge in [0.25, 0.3) is 0 Å². The van der Waals surface area contributed by atoms with Gasteiger partial charge in [0.1, 0.15) is 0 Å². The third-order valence-corrected chi connectivity index (χ3v) is 3.02. The van der Waals surface area contributed by atoms with Gasteiger partial charge in [-0.15, -0.1) is 0 Å². The van der Waals surface area contributed by atoms with E-state index in [1.54, 1.807) is 0 Å². The molecule has 1 fully saturated rings. The first-order valence-corrected chi connectivity index (χ1v) is 5.25. The molecular formula is C10H16BO3. The zero-order valence-corrected chi connectivity index (χ0v) is 8.32. The molecule has 4 heteroatoms. The smallest absolute Gasteiger partial charge is 0.306 e. The third kappa shape index (κ3) is 3.16. The number of carbonyl (C=O) groups is 2. The van der Waals surface area contributed by atoms with Crippen LogP contribution in [0.25, 0.3) is 0 Å². The molecule has 1 atom stereocenters. The molecule has 77 valence electrons. The number of hydrogen-bond donors (Lipinski definition) is 1. The highest BCUT2D eigenvalue weighted by atomic mass is 16.4. The van der Waals surface area contributed by atoms with E-state index in [0.717, 1.165) is 25.7 Å². The second-order valence-electron chi connectivity index (χ2n) is 3.95. The molecule has 1 rings (SSSR count). The lowest BCUT2D eigenvalue weighted by Gasteiger charge is -2.26. The first-order chi connectivity index (χ1) is 6.75. The molecule has 0 spiro atoms. The minimum Gasteiger partial charge on any atom is -0.481 e. The second kappa shape index (κ2) is 5.84. The summed E-state index contributed by atoms with van der Waals surface area (Å²) >= 11 is 0. The van der Waals surface area contributed by atoms with Crippen LogP contribution in [0.2, 0.25) is 6.32 Å². The Morgan fingerprint density at radius 2 is 2.07 bits per heavy atom. The SMILES string of the molecule is O=C[B]C[C@H](C(=O)O)C1CCCCC1. The van der Waals surface area contributed by atoms with E-state index in [1.807, 2.05) is 0 Å². The van der Waals surface area contributed by atoms with Gasteiger partial charge in [-0.25, -0.2) is 0 Å². The minimum absolute atomic E-state index is 0.275. The van der Waals surface area contributed by atoms with E-state index in [4.69, 9.17) is 5.11 Å². The van der Waals surface area contributed by atoms with Gasteiger partial charge in [-0.3, -0.25) is 4.79 Å². The predicted molar refractivity (Wildman–Crippen MR) is 55.0 cm³/mol. The Balaban J connectivity index is 2.46. The van der Waals surface area contributed by atoms with E-state index in [1.165, 1.54) is 13.7 Å². The zero-order valence-electron chi connectivity index (χ0n) is 8.32. The molecule has 1 radical (unpaired) electrons. The fourth-order valence-corrected chi connectivity index (χ4v) is 2.23. The largest absolute Gasteiger partial charge is 0.481 e. The molecule has 0 amide bonds. The van der Waals surface area contributed by atoms with Crippen LogP contribution in [0.4, 0.5) is 0 Å². The molecule has 1 aliphatic rings. The van der Waals surface area contributed by atoms with E-state index in [2.05, 4.69) is 0 Å². The van der Waals surface area contributed by atoms with Crippen LogP contribution >= 0.6 is 0 Å². The minimum atomic E-state index is -0.755. The topological polar surface area (TPSA) is 54.4 Å². The normalized spacial score (nSPS) is 20.0. The Morgan fingerprint density at radius 3 is 2.57 bits per heavy atom. The zero-order chi connectivity index (χ0) is 10.4. The van der Waals surface area contributed by atoms with Crippen LogP contribution in [0.15, 0.2) is 0 Å². The molecule has 3 nitrogen and oxygen atoms in total. The van der Waals surface area contributed by atoms with E-state index in [-0.39, 0.29) is 11.8 Å². The van der Waals surface area contributed by atoms with Crippen molar-refractivity contribution in [2.24, 2.45) is 11.8 Å². The lowest BCUT2D eigenvalue weighted by molar-refractivity contribution is -0.143. The molecule has 0 aromatic rings. The summed E-state index contributed by atoms with van der Waals surface area (Å²) in [5, 5.41) is 9.02. The lowest BCUT2D eigenvalue weighted by atomic mass is 9.66. The van der Waals surface area contributed by atoms with Crippen molar-refractivity contribution in [1.29, 1.82) is 0 Å². The van der Waals surface area contributed by atoms with Gasteiger partial charge in [0.2, 0.25) is 0 Å². The average molecular weight is 195 g/mol. The Morgan fingerprint density at radius 1 is 1.43 bits per heavy atom. The monoisotopic (exact) mass is 195 g/mol. The molecule has 1 saturated carbocycles. The van der Waals surface area contributed by atoms with Gasteiger partial charge in [-0.05, 0) is 18.8 Å². The number of carboxylic acid groups (broad SMARTS) is 1. The molecule has 0 heterocycles. The Bertz CT molecular complexity index is 200. The fourth-order valence-electron chi connectivity index (χ4n) is 2.23. The van der Waals surface area contributed by atoms with Crippen LogP contribution < -0.4 is 0 Å². The maximum atomic E-state index is 11.0. The quantitative estimate of drug-likeness (QED) is 0.535. The van der Waals surface area contributed by atoms with E-state index in [0.29, 0.717) is 12.5 Å². The van der Waals surface area contributed by atoms with Crippen LogP contribution in [0.1, 0.15) is 32.1 Å². The second-order valence-corrected chi connectivity index (χ2v) is 3.95. The molecular weight excluding hydrogens is 179 g/mol. The van der Waals surface area contributed by atoms with Gasteiger partial charge >= 0.3 is 5.97 Å². The summed E-state index contributed by atoms with van der Waals surface area (Å²) in [5.74, 6) is -0.826. The van der Waals surface area contributed by atoms with E-state index < -0.39 is 5.97 Å². The Labute approximate surface area is 85.1 Å².